The van der Waals surface area contributed by atoms with Gasteiger partial charge in [-0.15, -0.1) is 0 Å². The van der Waals surface area contributed by atoms with Crippen LogP contribution in [0.4, 0.5) is 0 Å². The molecular weight excluding hydrogens is 348 g/mol. The van der Waals surface area contributed by atoms with Gasteiger partial charge in [0.15, 0.2) is 0 Å². The molecule has 0 heterocycles. The van der Waals surface area contributed by atoms with E-state index in [0.717, 1.165) is 0 Å². The molecular formula is C10H14IRu. The van der Waals surface area contributed by atoms with E-state index in [2.05, 4.69) is 79.6 Å². The molecule has 1 aromatic carbocycles. The Hall–Kier alpha value is 0.573. The molecule has 1 rings (SSSR count). The Labute approximate surface area is 96.0 Å². The van der Waals surface area contributed by atoms with Crippen LogP contribution in [0.5, 0.6) is 0 Å². The molecule has 0 bridgehead atoms. The number of benzene rings is 1. The van der Waals surface area contributed by atoms with Crippen molar-refractivity contribution in [3.05, 3.63) is 35.4 Å². The summed E-state index contributed by atoms with van der Waals surface area (Å²) in [5, 5.41) is 0. The minimum absolute atomic E-state index is 0.653. The summed E-state index contributed by atoms with van der Waals surface area (Å²) in [4.78, 5) is 0. The van der Waals surface area contributed by atoms with Crippen LogP contribution in [-0.4, -0.2) is 0 Å². The molecule has 0 unspecified atom stereocenters. The van der Waals surface area contributed by atoms with Gasteiger partial charge in [0.05, 0.1) is 0 Å². The van der Waals surface area contributed by atoms with Gasteiger partial charge in [-0.2, -0.15) is 0 Å². The summed E-state index contributed by atoms with van der Waals surface area (Å²) in [7, 11) is 0. The number of hydrogen-bond acceptors (Lipinski definition) is 0. The third-order valence-corrected chi connectivity index (χ3v) is 1.74. The zero-order chi connectivity index (χ0) is 9.56. The van der Waals surface area contributed by atoms with Crippen molar-refractivity contribution in [2.24, 2.45) is 0 Å². The van der Waals surface area contributed by atoms with Gasteiger partial charge < -0.3 is 0 Å². The van der Waals surface area contributed by atoms with E-state index in [1.165, 1.54) is 11.1 Å². The van der Waals surface area contributed by atoms with Crippen LogP contribution in [0.25, 0.3) is 0 Å². The Morgan fingerprint density at radius 1 is 1.08 bits per heavy atom. The minimum atomic E-state index is 0.653. The molecule has 0 nitrogen and oxygen atoms in total. The fourth-order valence-electron chi connectivity index (χ4n) is 0.951. The van der Waals surface area contributed by atoms with Crippen LogP contribution >= 0.6 is 19.8 Å². The SMILES string of the molecule is Cc1ccc(C(C)C)cc1.[Ru][I]. The zero-order valence-electron chi connectivity index (χ0n) is 7.62. The van der Waals surface area contributed by atoms with Crippen molar-refractivity contribution in [1.29, 1.82) is 0 Å². The van der Waals surface area contributed by atoms with E-state index in [1.54, 1.807) is 0 Å². The average Bonchev–Trinajstić information content (AvgIpc) is 2.09. The van der Waals surface area contributed by atoms with Crippen molar-refractivity contribution in [3.63, 3.8) is 0 Å². The number of hydrogen-bond donors (Lipinski definition) is 0. The van der Waals surface area contributed by atoms with Gasteiger partial charge in [0.1, 0.15) is 0 Å². The number of aryl methyl sites for hydroxylation is 1. The molecule has 0 radical (unpaired) electrons. The molecule has 0 saturated carbocycles. The number of halogens is 1. The molecule has 1 aromatic rings. The summed E-state index contributed by atoms with van der Waals surface area (Å²) in [6.45, 7) is 6.54. The molecule has 69 valence electrons. The van der Waals surface area contributed by atoms with Gasteiger partial charge in [-0.1, -0.05) is 43.7 Å². The van der Waals surface area contributed by atoms with Crippen LogP contribution in [0.15, 0.2) is 24.3 Å². The van der Waals surface area contributed by atoms with Crippen LogP contribution in [0.2, 0.25) is 0 Å². The first-order chi connectivity index (χ1) is 5.70. The van der Waals surface area contributed by atoms with Crippen molar-refractivity contribution < 1.29 is 14.8 Å². The Balaban J connectivity index is 0.000000561. The normalized spacial score (nSPS) is 9.17. The second-order valence-corrected chi connectivity index (χ2v) is 3.07. The van der Waals surface area contributed by atoms with Crippen LogP contribution in [-0.2, 0) is 14.8 Å². The summed E-state index contributed by atoms with van der Waals surface area (Å²) in [5.74, 6) is 0.653. The summed E-state index contributed by atoms with van der Waals surface area (Å²) in [5.41, 5.74) is 2.76. The van der Waals surface area contributed by atoms with E-state index in [0.29, 0.717) is 5.92 Å². The second kappa shape index (κ2) is 7.02. The maximum absolute atomic E-state index is 2.32. The fraction of sp³-hybridized carbons (Fsp3) is 0.400. The maximum atomic E-state index is 2.32. The average molecular weight is 362 g/mol. The molecule has 0 spiro atoms. The molecule has 0 N–H and O–H groups in total. The second-order valence-electron chi connectivity index (χ2n) is 3.07. The molecule has 0 atom stereocenters. The molecule has 0 aromatic heterocycles. The van der Waals surface area contributed by atoms with Gasteiger partial charge in [-0.3, -0.25) is 0 Å². The standard InChI is InChI=1S/C10H14.HI.Ru/c1-8(2)10-6-4-9(3)5-7-10;;/h4-8H,1-3H3;1H;/q;;+1/p-1. The van der Waals surface area contributed by atoms with E-state index in [1.807, 2.05) is 0 Å². The predicted octanol–water partition coefficient (Wildman–Crippen LogP) is 4.00. The molecule has 0 fully saturated rings. The Morgan fingerprint density at radius 2 is 1.50 bits per heavy atom. The van der Waals surface area contributed by atoms with E-state index >= 15 is 0 Å². The van der Waals surface area contributed by atoms with Gasteiger partial charge in [0, 0.05) is 0 Å². The molecule has 2 heteroatoms. The molecule has 12 heavy (non-hydrogen) atoms. The van der Waals surface area contributed by atoms with Crippen molar-refractivity contribution in [3.8, 4) is 0 Å². The molecule has 0 aliphatic heterocycles. The van der Waals surface area contributed by atoms with Gasteiger partial charge in [0.2, 0.25) is 0 Å². The molecule has 0 saturated heterocycles. The van der Waals surface area contributed by atoms with Crippen LogP contribution in [0.1, 0.15) is 30.9 Å². The Bertz CT molecular complexity index is 204. The molecule has 0 aliphatic carbocycles. The van der Waals surface area contributed by atoms with E-state index in [9.17, 15) is 0 Å². The predicted molar refractivity (Wildman–Crippen MR) is 59.3 cm³/mol. The van der Waals surface area contributed by atoms with Crippen LogP contribution in [0.3, 0.4) is 0 Å². The number of rotatable bonds is 1. The van der Waals surface area contributed by atoms with Crippen molar-refractivity contribution >= 4 is 19.8 Å². The van der Waals surface area contributed by atoms with Gasteiger partial charge >= 0.3 is 34.5 Å². The summed E-state index contributed by atoms with van der Waals surface area (Å²) >= 11 is 4.40. The molecule has 0 aliphatic rings. The van der Waals surface area contributed by atoms with Crippen molar-refractivity contribution in [2.45, 2.75) is 26.7 Å². The third kappa shape index (κ3) is 4.56. The topological polar surface area (TPSA) is 0 Å². The van der Waals surface area contributed by atoms with Gasteiger partial charge in [0.25, 0.3) is 0 Å². The van der Waals surface area contributed by atoms with Crippen LogP contribution in [0, 0.1) is 6.92 Å². The van der Waals surface area contributed by atoms with Gasteiger partial charge in [-0.05, 0) is 18.4 Å². The monoisotopic (exact) mass is 363 g/mol. The van der Waals surface area contributed by atoms with Crippen molar-refractivity contribution in [1.82, 2.24) is 0 Å². The third-order valence-electron chi connectivity index (χ3n) is 1.74. The summed E-state index contributed by atoms with van der Waals surface area (Å²) < 4.78 is 0. The van der Waals surface area contributed by atoms with E-state index < -0.39 is 0 Å². The first-order valence-electron chi connectivity index (χ1n) is 3.90. The van der Waals surface area contributed by atoms with Crippen molar-refractivity contribution in [2.75, 3.05) is 0 Å². The van der Waals surface area contributed by atoms with E-state index in [4.69, 9.17) is 0 Å². The Kier molecular flexibility index (Phi) is 7.36. The zero-order valence-corrected chi connectivity index (χ0v) is 11.5. The van der Waals surface area contributed by atoms with Crippen LogP contribution < -0.4 is 0 Å². The fourth-order valence-corrected chi connectivity index (χ4v) is 0.951. The molecule has 0 amide bonds. The van der Waals surface area contributed by atoms with Gasteiger partial charge in [-0.25, -0.2) is 0 Å². The summed E-state index contributed by atoms with van der Waals surface area (Å²) in [6, 6.07) is 8.71. The Morgan fingerprint density at radius 3 is 1.83 bits per heavy atom. The first kappa shape index (κ1) is 12.6. The summed E-state index contributed by atoms with van der Waals surface area (Å²) in [6.07, 6.45) is 0. The quantitative estimate of drug-likeness (QED) is 0.523. The first-order valence-corrected chi connectivity index (χ1v) is 9.07. The van der Waals surface area contributed by atoms with E-state index in [-0.39, 0.29) is 0 Å².